The van der Waals surface area contributed by atoms with Crippen LogP contribution in [0.3, 0.4) is 0 Å². The molecule has 0 radical (unpaired) electrons. The highest BCUT2D eigenvalue weighted by atomic mass is 15.3. The SMILES string of the molecule is CCN1CCC(CNCc2ccnn2C)C1. The van der Waals surface area contributed by atoms with E-state index in [1.54, 1.807) is 0 Å². The molecule has 0 saturated carbocycles. The van der Waals surface area contributed by atoms with E-state index in [2.05, 4.69) is 28.3 Å². The van der Waals surface area contributed by atoms with Gasteiger partial charge >= 0.3 is 0 Å². The Labute approximate surface area is 97.6 Å². The summed E-state index contributed by atoms with van der Waals surface area (Å²) in [4.78, 5) is 2.52. The summed E-state index contributed by atoms with van der Waals surface area (Å²) in [7, 11) is 1.99. The molecule has 0 spiro atoms. The zero-order chi connectivity index (χ0) is 11.4. The normalized spacial score (nSPS) is 21.8. The lowest BCUT2D eigenvalue weighted by atomic mass is 10.1. The summed E-state index contributed by atoms with van der Waals surface area (Å²) in [5.41, 5.74) is 1.25. The van der Waals surface area contributed by atoms with E-state index in [0.29, 0.717) is 0 Å². The summed E-state index contributed by atoms with van der Waals surface area (Å²) < 4.78 is 1.93. The molecule has 1 aliphatic heterocycles. The fraction of sp³-hybridized carbons (Fsp3) is 0.750. The van der Waals surface area contributed by atoms with Crippen LogP contribution in [0.2, 0.25) is 0 Å². The molecule has 0 aromatic carbocycles. The molecule has 1 aromatic rings. The Morgan fingerprint density at radius 1 is 1.56 bits per heavy atom. The van der Waals surface area contributed by atoms with Crippen LogP contribution in [-0.4, -0.2) is 40.9 Å². The van der Waals surface area contributed by atoms with E-state index in [1.165, 1.54) is 31.7 Å². The molecule has 2 rings (SSSR count). The van der Waals surface area contributed by atoms with Crippen LogP contribution < -0.4 is 5.32 Å². The van der Waals surface area contributed by atoms with Crippen molar-refractivity contribution >= 4 is 0 Å². The zero-order valence-electron chi connectivity index (χ0n) is 10.3. The van der Waals surface area contributed by atoms with Gasteiger partial charge in [0, 0.05) is 26.3 Å². The summed E-state index contributed by atoms with van der Waals surface area (Å²) in [5, 5.41) is 7.69. The van der Waals surface area contributed by atoms with Gasteiger partial charge in [0.15, 0.2) is 0 Å². The van der Waals surface area contributed by atoms with Crippen LogP contribution in [0.5, 0.6) is 0 Å². The Bertz CT molecular complexity index is 321. The van der Waals surface area contributed by atoms with Gasteiger partial charge < -0.3 is 10.2 Å². The molecule has 1 atom stereocenters. The number of nitrogens with zero attached hydrogens (tertiary/aromatic N) is 3. The van der Waals surface area contributed by atoms with Gasteiger partial charge in [0.2, 0.25) is 0 Å². The van der Waals surface area contributed by atoms with Crippen molar-refractivity contribution in [3.05, 3.63) is 18.0 Å². The van der Waals surface area contributed by atoms with Crippen LogP contribution in [0.25, 0.3) is 0 Å². The Morgan fingerprint density at radius 2 is 2.44 bits per heavy atom. The third-order valence-electron chi connectivity index (χ3n) is 3.48. The Balaban J connectivity index is 1.67. The van der Waals surface area contributed by atoms with Crippen LogP contribution >= 0.6 is 0 Å². The van der Waals surface area contributed by atoms with Crippen LogP contribution in [0.1, 0.15) is 19.0 Å². The Morgan fingerprint density at radius 3 is 3.06 bits per heavy atom. The lowest BCUT2D eigenvalue weighted by Crippen LogP contribution is -2.26. The average molecular weight is 222 g/mol. The number of rotatable bonds is 5. The van der Waals surface area contributed by atoms with Gasteiger partial charge in [-0.25, -0.2) is 0 Å². The van der Waals surface area contributed by atoms with Crippen LogP contribution in [0, 0.1) is 5.92 Å². The predicted octanol–water partition coefficient (Wildman–Crippen LogP) is 0.851. The van der Waals surface area contributed by atoms with Gasteiger partial charge in [-0.2, -0.15) is 5.10 Å². The minimum atomic E-state index is 0.827. The molecule has 1 unspecified atom stereocenters. The van der Waals surface area contributed by atoms with Gasteiger partial charge in [0.25, 0.3) is 0 Å². The van der Waals surface area contributed by atoms with Crippen molar-refractivity contribution in [2.45, 2.75) is 19.9 Å². The highest BCUT2D eigenvalue weighted by Gasteiger charge is 2.20. The van der Waals surface area contributed by atoms with Crippen LogP contribution in [0.15, 0.2) is 12.3 Å². The first kappa shape index (κ1) is 11.6. The van der Waals surface area contributed by atoms with E-state index in [9.17, 15) is 0 Å². The maximum Gasteiger partial charge on any atom is 0.0518 e. The van der Waals surface area contributed by atoms with E-state index < -0.39 is 0 Å². The molecule has 0 aliphatic carbocycles. The molecule has 2 heterocycles. The monoisotopic (exact) mass is 222 g/mol. The Hall–Kier alpha value is -0.870. The van der Waals surface area contributed by atoms with Gasteiger partial charge in [-0.1, -0.05) is 6.92 Å². The molecule has 90 valence electrons. The average Bonchev–Trinajstić information content (AvgIpc) is 2.89. The summed E-state index contributed by atoms with van der Waals surface area (Å²) in [6, 6.07) is 2.07. The number of likely N-dealkylation sites (tertiary alicyclic amines) is 1. The van der Waals surface area contributed by atoms with Crippen molar-refractivity contribution in [1.82, 2.24) is 20.0 Å². The highest BCUT2D eigenvalue weighted by Crippen LogP contribution is 2.14. The smallest absolute Gasteiger partial charge is 0.0518 e. The van der Waals surface area contributed by atoms with Crippen molar-refractivity contribution in [2.75, 3.05) is 26.2 Å². The van der Waals surface area contributed by atoms with E-state index in [4.69, 9.17) is 0 Å². The van der Waals surface area contributed by atoms with Crippen molar-refractivity contribution in [1.29, 1.82) is 0 Å². The van der Waals surface area contributed by atoms with Crippen molar-refractivity contribution < 1.29 is 0 Å². The molecule has 1 saturated heterocycles. The van der Waals surface area contributed by atoms with Crippen LogP contribution in [0.4, 0.5) is 0 Å². The van der Waals surface area contributed by atoms with E-state index in [1.807, 2.05) is 17.9 Å². The number of aromatic nitrogens is 2. The minimum absolute atomic E-state index is 0.827. The van der Waals surface area contributed by atoms with Gasteiger partial charge in [0.05, 0.1) is 5.69 Å². The number of hydrogen-bond donors (Lipinski definition) is 1. The molecule has 1 fully saturated rings. The first-order valence-corrected chi connectivity index (χ1v) is 6.19. The molecule has 1 N–H and O–H groups in total. The molecule has 4 heteroatoms. The minimum Gasteiger partial charge on any atom is -0.311 e. The van der Waals surface area contributed by atoms with Gasteiger partial charge in [-0.15, -0.1) is 0 Å². The summed E-state index contributed by atoms with van der Waals surface area (Å²) >= 11 is 0. The summed E-state index contributed by atoms with van der Waals surface area (Å²) in [5.74, 6) is 0.827. The third kappa shape index (κ3) is 2.83. The maximum absolute atomic E-state index is 4.16. The van der Waals surface area contributed by atoms with Gasteiger partial charge in [-0.05, 0) is 38.0 Å². The van der Waals surface area contributed by atoms with Gasteiger partial charge in [0.1, 0.15) is 0 Å². The molecular formula is C12H22N4. The van der Waals surface area contributed by atoms with E-state index in [-0.39, 0.29) is 0 Å². The Kier molecular flexibility index (Phi) is 3.96. The fourth-order valence-electron chi connectivity index (χ4n) is 2.35. The fourth-order valence-corrected chi connectivity index (χ4v) is 2.35. The maximum atomic E-state index is 4.16. The molecule has 1 aromatic heterocycles. The molecule has 0 amide bonds. The summed E-state index contributed by atoms with van der Waals surface area (Å²) in [6.07, 6.45) is 3.19. The number of aryl methyl sites for hydroxylation is 1. The molecule has 0 bridgehead atoms. The predicted molar refractivity (Wildman–Crippen MR) is 65.1 cm³/mol. The first-order chi connectivity index (χ1) is 7.79. The van der Waals surface area contributed by atoms with Crippen molar-refractivity contribution in [3.8, 4) is 0 Å². The summed E-state index contributed by atoms with van der Waals surface area (Å²) in [6.45, 7) is 8.02. The largest absolute Gasteiger partial charge is 0.311 e. The molecule has 16 heavy (non-hydrogen) atoms. The highest BCUT2D eigenvalue weighted by molar-refractivity contribution is 4.99. The zero-order valence-corrected chi connectivity index (χ0v) is 10.3. The third-order valence-corrected chi connectivity index (χ3v) is 3.48. The number of hydrogen-bond acceptors (Lipinski definition) is 3. The quantitative estimate of drug-likeness (QED) is 0.802. The second-order valence-electron chi connectivity index (χ2n) is 4.62. The lowest BCUT2D eigenvalue weighted by molar-refractivity contribution is 0.338. The van der Waals surface area contributed by atoms with Crippen LogP contribution in [-0.2, 0) is 13.6 Å². The van der Waals surface area contributed by atoms with Gasteiger partial charge in [-0.3, -0.25) is 4.68 Å². The van der Waals surface area contributed by atoms with Crippen molar-refractivity contribution in [3.63, 3.8) is 0 Å². The lowest BCUT2D eigenvalue weighted by Gasteiger charge is -2.13. The second-order valence-corrected chi connectivity index (χ2v) is 4.62. The first-order valence-electron chi connectivity index (χ1n) is 6.19. The van der Waals surface area contributed by atoms with Crippen molar-refractivity contribution in [2.24, 2.45) is 13.0 Å². The van der Waals surface area contributed by atoms with E-state index in [0.717, 1.165) is 19.0 Å². The molecular weight excluding hydrogens is 200 g/mol. The molecule has 1 aliphatic rings. The standard InChI is InChI=1S/C12H22N4/c1-3-16-7-5-11(10-16)8-13-9-12-4-6-14-15(12)2/h4,6,11,13H,3,5,7-10H2,1-2H3. The molecule has 4 nitrogen and oxygen atoms in total. The second kappa shape index (κ2) is 5.46. The number of nitrogens with one attached hydrogen (secondary N) is 1. The topological polar surface area (TPSA) is 33.1 Å². The van der Waals surface area contributed by atoms with E-state index >= 15 is 0 Å².